The van der Waals surface area contributed by atoms with E-state index < -0.39 is 0 Å². The van der Waals surface area contributed by atoms with Crippen molar-refractivity contribution >= 4 is 11.4 Å². The van der Waals surface area contributed by atoms with Crippen LogP contribution in [0, 0.1) is 0 Å². The lowest BCUT2D eigenvalue weighted by molar-refractivity contribution is 0.154. The zero-order chi connectivity index (χ0) is 12.8. The van der Waals surface area contributed by atoms with E-state index >= 15 is 0 Å². The highest BCUT2D eigenvalue weighted by molar-refractivity contribution is 5.67. The highest BCUT2D eigenvalue weighted by atomic mass is 16.5. The molecule has 1 aromatic rings. The fraction of sp³-hybridized carbons (Fsp3) is 0.600. The molecule has 0 bridgehead atoms. The molecular weight excluding hydrogens is 224 g/mol. The first-order valence-corrected chi connectivity index (χ1v) is 7.05. The van der Waals surface area contributed by atoms with E-state index in [0.29, 0.717) is 0 Å². The van der Waals surface area contributed by atoms with Gasteiger partial charge in [-0.15, -0.1) is 0 Å². The number of hydrogen-bond acceptors (Lipinski definition) is 3. The summed E-state index contributed by atoms with van der Waals surface area (Å²) in [5.41, 5.74) is 4.16. The first-order chi connectivity index (χ1) is 8.86. The number of anilines is 2. The van der Waals surface area contributed by atoms with E-state index in [1.54, 1.807) is 0 Å². The Hall–Kier alpha value is -1.22. The highest BCUT2D eigenvalue weighted by Gasteiger charge is 2.15. The van der Waals surface area contributed by atoms with Crippen LogP contribution in [0.4, 0.5) is 11.4 Å². The minimum Gasteiger partial charge on any atom is -0.385 e. The normalized spacial score (nSPS) is 13.9. The molecule has 0 aliphatic carbocycles. The third kappa shape index (κ3) is 2.96. The zero-order valence-corrected chi connectivity index (χ0v) is 11.5. The van der Waals surface area contributed by atoms with Gasteiger partial charge in [-0.05, 0) is 44.4 Å². The molecular formula is C15H24N2O. The van der Waals surface area contributed by atoms with E-state index in [2.05, 4.69) is 35.3 Å². The largest absolute Gasteiger partial charge is 0.385 e. The van der Waals surface area contributed by atoms with Crippen LogP contribution in [0.3, 0.4) is 0 Å². The maximum atomic E-state index is 5.47. The second-order valence-electron chi connectivity index (χ2n) is 4.61. The van der Waals surface area contributed by atoms with Crippen molar-refractivity contribution in [2.24, 2.45) is 0 Å². The lowest BCUT2D eigenvalue weighted by Gasteiger charge is -2.29. The molecule has 1 aliphatic rings. The van der Waals surface area contributed by atoms with Crippen LogP contribution in [0.2, 0.25) is 0 Å². The van der Waals surface area contributed by atoms with E-state index in [1.165, 1.54) is 29.8 Å². The summed E-state index contributed by atoms with van der Waals surface area (Å²) in [6.07, 6.45) is 2.41. The summed E-state index contributed by atoms with van der Waals surface area (Å²) < 4.78 is 5.47. The fourth-order valence-corrected chi connectivity index (χ4v) is 2.56. The Morgan fingerprint density at radius 2 is 2.22 bits per heavy atom. The molecule has 0 spiro atoms. The van der Waals surface area contributed by atoms with Gasteiger partial charge in [-0.3, -0.25) is 0 Å². The Bertz CT molecular complexity index is 379. The third-order valence-electron chi connectivity index (χ3n) is 3.50. The average molecular weight is 248 g/mol. The lowest BCUT2D eigenvalue weighted by atomic mass is 10.0. The van der Waals surface area contributed by atoms with Crippen LogP contribution in [0.5, 0.6) is 0 Å². The van der Waals surface area contributed by atoms with Gasteiger partial charge >= 0.3 is 0 Å². The summed E-state index contributed by atoms with van der Waals surface area (Å²) in [5.74, 6) is 0. The Morgan fingerprint density at radius 1 is 1.33 bits per heavy atom. The van der Waals surface area contributed by atoms with Crippen molar-refractivity contribution in [2.75, 3.05) is 43.1 Å². The lowest BCUT2D eigenvalue weighted by Crippen LogP contribution is -2.29. The standard InChI is InChI=1S/C15H24N2O/c1-3-17(11-12-18-4-2)15-9-5-8-14-13(15)7-6-10-16-14/h5,8-9,16H,3-4,6-7,10-12H2,1-2H3. The van der Waals surface area contributed by atoms with Crippen molar-refractivity contribution in [1.29, 1.82) is 0 Å². The van der Waals surface area contributed by atoms with Crippen molar-refractivity contribution in [3.05, 3.63) is 23.8 Å². The molecule has 1 N–H and O–H groups in total. The molecule has 2 rings (SSSR count). The van der Waals surface area contributed by atoms with Gasteiger partial charge in [0, 0.05) is 37.6 Å². The fourth-order valence-electron chi connectivity index (χ4n) is 2.56. The minimum absolute atomic E-state index is 0.798. The quantitative estimate of drug-likeness (QED) is 0.783. The first kappa shape index (κ1) is 13.2. The maximum Gasteiger partial charge on any atom is 0.0641 e. The van der Waals surface area contributed by atoms with Crippen LogP contribution >= 0.6 is 0 Å². The van der Waals surface area contributed by atoms with Crippen molar-refractivity contribution < 1.29 is 4.74 Å². The van der Waals surface area contributed by atoms with Gasteiger partial charge in [-0.1, -0.05) is 6.07 Å². The van der Waals surface area contributed by atoms with Gasteiger partial charge in [0.05, 0.1) is 6.61 Å². The summed E-state index contributed by atoms with van der Waals surface area (Å²) in [6, 6.07) is 6.57. The molecule has 1 heterocycles. The first-order valence-electron chi connectivity index (χ1n) is 7.05. The van der Waals surface area contributed by atoms with E-state index in [1.807, 2.05) is 6.92 Å². The SMILES string of the molecule is CCOCCN(CC)c1cccc2c1CCCN2. The molecule has 3 nitrogen and oxygen atoms in total. The average Bonchev–Trinajstić information content (AvgIpc) is 2.43. The van der Waals surface area contributed by atoms with Crippen LogP contribution in [-0.2, 0) is 11.2 Å². The van der Waals surface area contributed by atoms with Gasteiger partial charge in [0.1, 0.15) is 0 Å². The monoisotopic (exact) mass is 248 g/mol. The molecule has 100 valence electrons. The van der Waals surface area contributed by atoms with Crippen LogP contribution < -0.4 is 10.2 Å². The Morgan fingerprint density at radius 3 is 3.00 bits per heavy atom. The molecule has 3 heteroatoms. The van der Waals surface area contributed by atoms with Gasteiger partial charge in [0.15, 0.2) is 0 Å². The number of fused-ring (bicyclic) bond motifs is 1. The summed E-state index contributed by atoms with van der Waals surface area (Å²) >= 11 is 0. The molecule has 0 aromatic heterocycles. The predicted molar refractivity (Wildman–Crippen MR) is 77.6 cm³/mol. The Labute approximate surface area is 110 Å². The number of rotatable bonds is 6. The molecule has 0 atom stereocenters. The summed E-state index contributed by atoms with van der Waals surface area (Å²) in [5, 5.41) is 3.49. The molecule has 0 saturated carbocycles. The molecule has 0 amide bonds. The van der Waals surface area contributed by atoms with Crippen LogP contribution in [0.1, 0.15) is 25.8 Å². The second-order valence-corrected chi connectivity index (χ2v) is 4.61. The molecule has 0 fully saturated rings. The summed E-state index contributed by atoms with van der Waals surface area (Å²) in [7, 11) is 0. The number of hydrogen-bond donors (Lipinski definition) is 1. The van der Waals surface area contributed by atoms with Gasteiger partial charge < -0.3 is 15.0 Å². The van der Waals surface area contributed by atoms with E-state index in [9.17, 15) is 0 Å². The van der Waals surface area contributed by atoms with Crippen molar-refractivity contribution in [2.45, 2.75) is 26.7 Å². The van der Waals surface area contributed by atoms with Gasteiger partial charge in [0.25, 0.3) is 0 Å². The number of nitrogens with one attached hydrogen (secondary N) is 1. The number of nitrogens with zero attached hydrogens (tertiary/aromatic N) is 1. The number of ether oxygens (including phenoxy) is 1. The van der Waals surface area contributed by atoms with E-state index in [4.69, 9.17) is 4.74 Å². The minimum atomic E-state index is 0.798. The molecule has 1 aromatic carbocycles. The van der Waals surface area contributed by atoms with Crippen molar-refractivity contribution in [3.63, 3.8) is 0 Å². The molecule has 1 aliphatic heterocycles. The molecule has 0 saturated heterocycles. The molecule has 0 unspecified atom stereocenters. The van der Waals surface area contributed by atoms with Gasteiger partial charge in [0.2, 0.25) is 0 Å². The van der Waals surface area contributed by atoms with E-state index in [-0.39, 0.29) is 0 Å². The smallest absolute Gasteiger partial charge is 0.0641 e. The van der Waals surface area contributed by atoms with Crippen molar-refractivity contribution in [1.82, 2.24) is 0 Å². The highest BCUT2D eigenvalue weighted by Crippen LogP contribution is 2.31. The van der Waals surface area contributed by atoms with Crippen molar-refractivity contribution in [3.8, 4) is 0 Å². The van der Waals surface area contributed by atoms with E-state index in [0.717, 1.165) is 32.8 Å². The molecule has 18 heavy (non-hydrogen) atoms. The number of likely N-dealkylation sites (N-methyl/N-ethyl adjacent to an activating group) is 1. The predicted octanol–water partition coefficient (Wildman–Crippen LogP) is 2.91. The van der Waals surface area contributed by atoms with Crippen LogP contribution in [-0.4, -0.2) is 32.8 Å². The van der Waals surface area contributed by atoms with Gasteiger partial charge in [-0.25, -0.2) is 0 Å². The Kier molecular flexibility index (Phi) is 4.88. The summed E-state index contributed by atoms with van der Waals surface area (Å²) in [4.78, 5) is 2.42. The maximum absolute atomic E-state index is 5.47. The summed E-state index contributed by atoms with van der Waals surface area (Å²) in [6.45, 7) is 8.96. The van der Waals surface area contributed by atoms with Crippen LogP contribution in [0.25, 0.3) is 0 Å². The zero-order valence-electron chi connectivity index (χ0n) is 11.5. The topological polar surface area (TPSA) is 24.5 Å². The third-order valence-corrected chi connectivity index (χ3v) is 3.50. The molecule has 0 radical (unpaired) electrons. The van der Waals surface area contributed by atoms with Gasteiger partial charge in [-0.2, -0.15) is 0 Å². The van der Waals surface area contributed by atoms with Crippen LogP contribution in [0.15, 0.2) is 18.2 Å². The Balaban J connectivity index is 2.14. The number of benzene rings is 1. The second kappa shape index (κ2) is 6.64.